The molecule has 1 aromatic heterocycles. The average molecular weight is 293 g/mol. The van der Waals surface area contributed by atoms with Crippen molar-refractivity contribution >= 4 is 5.82 Å². The van der Waals surface area contributed by atoms with Crippen LogP contribution in [0.3, 0.4) is 0 Å². The molecule has 0 saturated carbocycles. The molecule has 2 aliphatic heterocycles. The first-order valence-corrected chi connectivity index (χ1v) is 8.03. The van der Waals surface area contributed by atoms with Gasteiger partial charge in [0.15, 0.2) is 11.6 Å². The third kappa shape index (κ3) is 3.19. The van der Waals surface area contributed by atoms with Crippen molar-refractivity contribution in [1.29, 1.82) is 0 Å². The van der Waals surface area contributed by atoms with E-state index in [1.165, 1.54) is 32.4 Å². The van der Waals surface area contributed by atoms with Crippen LogP contribution in [0.2, 0.25) is 0 Å². The predicted octanol–water partition coefficient (Wildman–Crippen LogP) is 2.17. The molecule has 116 valence electrons. The van der Waals surface area contributed by atoms with Gasteiger partial charge in [-0.15, -0.1) is 0 Å². The molecule has 2 aliphatic rings. The van der Waals surface area contributed by atoms with Crippen LogP contribution in [0.5, 0.6) is 0 Å². The SMILES string of the molecule is OCc1ccnc(N2CCC(N3CCCCC3)CC2)c1F. The highest BCUT2D eigenvalue weighted by Gasteiger charge is 2.27. The molecular weight excluding hydrogens is 269 g/mol. The lowest BCUT2D eigenvalue weighted by Gasteiger charge is -2.40. The maximum Gasteiger partial charge on any atom is 0.171 e. The average Bonchev–Trinajstić information content (AvgIpc) is 2.56. The molecule has 21 heavy (non-hydrogen) atoms. The first kappa shape index (κ1) is 14.7. The van der Waals surface area contributed by atoms with Crippen LogP contribution in [-0.2, 0) is 6.61 Å². The summed E-state index contributed by atoms with van der Waals surface area (Å²) in [5.74, 6) is 0.0371. The van der Waals surface area contributed by atoms with Gasteiger partial charge in [-0.3, -0.25) is 0 Å². The van der Waals surface area contributed by atoms with Gasteiger partial charge >= 0.3 is 0 Å². The zero-order valence-corrected chi connectivity index (χ0v) is 12.5. The molecule has 3 heterocycles. The van der Waals surface area contributed by atoms with E-state index in [1.54, 1.807) is 12.3 Å². The smallest absolute Gasteiger partial charge is 0.171 e. The van der Waals surface area contributed by atoms with Gasteiger partial charge in [0.05, 0.1) is 6.61 Å². The lowest BCUT2D eigenvalue weighted by Crippen LogP contribution is -2.47. The summed E-state index contributed by atoms with van der Waals surface area (Å²) in [6.07, 6.45) is 7.72. The third-order valence-electron chi connectivity index (χ3n) is 4.79. The summed E-state index contributed by atoms with van der Waals surface area (Å²) in [6, 6.07) is 2.19. The fourth-order valence-corrected chi connectivity index (χ4v) is 3.54. The van der Waals surface area contributed by atoms with Crippen LogP contribution in [0.25, 0.3) is 0 Å². The molecule has 4 nitrogen and oxygen atoms in total. The maximum absolute atomic E-state index is 14.2. The Balaban J connectivity index is 1.63. The van der Waals surface area contributed by atoms with Gasteiger partial charge in [0, 0.05) is 30.9 Å². The number of likely N-dealkylation sites (tertiary alicyclic amines) is 1. The van der Waals surface area contributed by atoms with Gasteiger partial charge in [0.1, 0.15) is 0 Å². The van der Waals surface area contributed by atoms with Gasteiger partial charge < -0.3 is 14.9 Å². The van der Waals surface area contributed by atoms with E-state index in [4.69, 9.17) is 5.11 Å². The Labute approximate surface area is 125 Å². The number of pyridine rings is 1. The van der Waals surface area contributed by atoms with Crippen LogP contribution in [0.4, 0.5) is 10.2 Å². The molecular formula is C16H24FN3O. The molecule has 0 radical (unpaired) electrons. The minimum atomic E-state index is -0.364. The number of rotatable bonds is 3. The summed E-state index contributed by atoms with van der Waals surface area (Å²) < 4.78 is 14.2. The predicted molar refractivity (Wildman–Crippen MR) is 80.8 cm³/mol. The number of anilines is 1. The molecule has 0 atom stereocenters. The van der Waals surface area contributed by atoms with Crippen LogP contribution >= 0.6 is 0 Å². The number of nitrogens with zero attached hydrogens (tertiary/aromatic N) is 3. The van der Waals surface area contributed by atoms with Gasteiger partial charge in [-0.2, -0.15) is 0 Å². The van der Waals surface area contributed by atoms with Crippen LogP contribution in [0.15, 0.2) is 12.3 Å². The second-order valence-corrected chi connectivity index (χ2v) is 6.08. The maximum atomic E-state index is 14.2. The molecule has 3 rings (SSSR count). The second-order valence-electron chi connectivity index (χ2n) is 6.08. The van der Waals surface area contributed by atoms with Crippen molar-refractivity contribution in [2.24, 2.45) is 0 Å². The quantitative estimate of drug-likeness (QED) is 0.927. The summed E-state index contributed by atoms with van der Waals surface area (Å²) >= 11 is 0. The van der Waals surface area contributed by atoms with Gasteiger partial charge in [-0.25, -0.2) is 9.37 Å². The Bertz CT molecular complexity index is 469. The summed E-state index contributed by atoms with van der Waals surface area (Å²) in [6.45, 7) is 3.86. The topological polar surface area (TPSA) is 39.6 Å². The molecule has 2 saturated heterocycles. The number of hydrogen-bond acceptors (Lipinski definition) is 4. The number of piperidine rings is 2. The first-order chi connectivity index (χ1) is 10.3. The highest BCUT2D eigenvalue weighted by molar-refractivity contribution is 5.43. The Morgan fingerprint density at radius 2 is 1.86 bits per heavy atom. The number of aliphatic hydroxyl groups is 1. The van der Waals surface area contributed by atoms with Crippen molar-refractivity contribution in [3.05, 3.63) is 23.6 Å². The third-order valence-corrected chi connectivity index (χ3v) is 4.79. The van der Waals surface area contributed by atoms with E-state index in [1.807, 2.05) is 4.90 Å². The van der Waals surface area contributed by atoms with E-state index in [9.17, 15) is 4.39 Å². The minimum absolute atomic E-state index is 0.272. The van der Waals surface area contributed by atoms with Crippen LogP contribution in [-0.4, -0.2) is 47.2 Å². The fraction of sp³-hybridized carbons (Fsp3) is 0.688. The van der Waals surface area contributed by atoms with E-state index < -0.39 is 0 Å². The summed E-state index contributed by atoms with van der Waals surface area (Å²) in [7, 11) is 0. The Hall–Kier alpha value is -1.20. The largest absolute Gasteiger partial charge is 0.392 e. The summed E-state index contributed by atoms with van der Waals surface area (Å²) in [5, 5.41) is 9.16. The van der Waals surface area contributed by atoms with E-state index in [0.29, 0.717) is 17.4 Å². The second kappa shape index (κ2) is 6.71. The van der Waals surface area contributed by atoms with Gasteiger partial charge in [0.25, 0.3) is 0 Å². The first-order valence-electron chi connectivity index (χ1n) is 8.03. The standard InChI is InChI=1S/C16H24FN3O/c17-15-13(12-21)4-7-18-16(15)20-10-5-14(6-11-20)19-8-2-1-3-9-19/h4,7,14,21H,1-3,5-6,8-12H2. The normalized spacial score (nSPS) is 21.7. The minimum Gasteiger partial charge on any atom is -0.392 e. The van der Waals surface area contributed by atoms with Crippen molar-refractivity contribution in [1.82, 2.24) is 9.88 Å². The molecule has 5 heteroatoms. The van der Waals surface area contributed by atoms with Crippen molar-refractivity contribution in [3.63, 3.8) is 0 Å². The molecule has 0 aromatic carbocycles. The Morgan fingerprint density at radius 1 is 1.14 bits per heavy atom. The molecule has 0 bridgehead atoms. The molecule has 0 spiro atoms. The fourth-order valence-electron chi connectivity index (χ4n) is 3.54. The monoisotopic (exact) mass is 293 g/mol. The van der Waals surface area contributed by atoms with Crippen molar-refractivity contribution in [2.75, 3.05) is 31.1 Å². The van der Waals surface area contributed by atoms with E-state index in [2.05, 4.69) is 9.88 Å². The lowest BCUT2D eigenvalue weighted by atomic mass is 10.00. The highest BCUT2D eigenvalue weighted by atomic mass is 19.1. The van der Waals surface area contributed by atoms with E-state index in [0.717, 1.165) is 25.9 Å². The van der Waals surface area contributed by atoms with E-state index >= 15 is 0 Å². The highest BCUT2D eigenvalue weighted by Crippen LogP contribution is 2.26. The number of aliphatic hydroxyl groups excluding tert-OH is 1. The van der Waals surface area contributed by atoms with E-state index in [-0.39, 0.29) is 12.4 Å². The number of halogens is 1. The molecule has 2 fully saturated rings. The Morgan fingerprint density at radius 3 is 2.52 bits per heavy atom. The van der Waals surface area contributed by atoms with Gasteiger partial charge in [-0.05, 0) is 44.8 Å². The van der Waals surface area contributed by atoms with Crippen molar-refractivity contribution in [2.45, 2.75) is 44.8 Å². The Kier molecular flexibility index (Phi) is 4.70. The molecule has 0 amide bonds. The molecule has 0 unspecified atom stereocenters. The summed E-state index contributed by atoms with van der Waals surface area (Å²) in [5.41, 5.74) is 0.332. The molecule has 1 aromatic rings. The summed E-state index contributed by atoms with van der Waals surface area (Å²) in [4.78, 5) is 8.80. The van der Waals surface area contributed by atoms with Crippen LogP contribution in [0, 0.1) is 5.82 Å². The lowest BCUT2D eigenvalue weighted by molar-refractivity contribution is 0.141. The zero-order valence-electron chi connectivity index (χ0n) is 12.5. The van der Waals surface area contributed by atoms with Crippen LogP contribution in [0.1, 0.15) is 37.7 Å². The van der Waals surface area contributed by atoms with Gasteiger partial charge in [-0.1, -0.05) is 6.42 Å². The molecule has 1 N–H and O–H groups in total. The molecule has 0 aliphatic carbocycles. The number of hydrogen-bond donors (Lipinski definition) is 1. The zero-order chi connectivity index (χ0) is 14.7. The van der Waals surface area contributed by atoms with Crippen molar-refractivity contribution < 1.29 is 9.50 Å². The van der Waals surface area contributed by atoms with Gasteiger partial charge in [0.2, 0.25) is 0 Å². The van der Waals surface area contributed by atoms with Crippen molar-refractivity contribution in [3.8, 4) is 0 Å². The number of aromatic nitrogens is 1. The van der Waals surface area contributed by atoms with Crippen LogP contribution < -0.4 is 4.90 Å².